The van der Waals surface area contributed by atoms with Gasteiger partial charge in [0, 0.05) is 5.69 Å². The lowest BCUT2D eigenvalue weighted by atomic mass is 10.1. The first kappa shape index (κ1) is 17.6. The van der Waals surface area contributed by atoms with Crippen molar-refractivity contribution in [1.29, 1.82) is 0 Å². The second-order valence-corrected chi connectivity index (χ2v) is 5.23. The lowest BCUT2D eigenvalue weighted by Gasteiger charge is -2.20. The number of carboxylic acid groups (broad SMARTS) is 1. The number of urea groups is 1. The monoisotopic (exact) mass is 307 g/mol. The van der Waals surface area contributed by atoms with Gasteiger partial charge in [0.1, 0.15) is 6.04 Å². The SMILES string of the molecule is Cc1ccc(NC(=O)NC(=O)CN(C)C(C)C(=O)O)cc1C. The Labute approximate surface area is 129 Å². The normalized spacial score (nSPS) is 11.9. The highest BCUT2D eigenvalue weighted by Gasteiger charge is 2.19. The number of carboxylic acids is 1. The molecule has 22 heavy (non-hydrogen) atoms. The van der Waals surface area contributed by atoms with Gasteiger partial charge < -0.3 is 10.4 Å². The van der Waals surface area contributed by atoms with Crippen molar-refractivity contribution in [2.24, 2.45) is 0 Å². The Morgan fingerprint density at radius 1 is 1.23 bits per heavy atom. The number of carbonyl (C=O) groups is 3. The first-order chi connectivity index (χ1) is 10.2. The molecule has 3 N–H and O–H groups in total. The van der Waals surface area contributed by atoms with E-state index in [0.29, 0.717) is 5.69 Å². The molecule has 0 aliphatic heterocycles. The van der Waals surface area contributed by atoms with E-state index in [-0.39, 0.29) is 6.54 Å². The van der Waals surface area contributed by atoms with Gasteiger partial charge in [-0.2, -0.15) is 0 Å². The summed E-state index contributed by atoms with van der Waals surface area (Å²) in [7, 11) is 1.50. The maximum atomic E-state index is 11.7. The average Bonchev–Trinajstić information content (AvgIpc) is 2.41. The summed E-state index contributed by atoms with van der Waals surface area (Å²) in [5.41, 5.74) is 2.71. The lowest BCUT2D eigenvalue weighted by molar-refractivity contribution is -0.142. The number of hydrogen-bond acceptors (Lipinski definition) is 4. The van der Waals surface area contributed by atoms with Crippen LogP contribution < -0.4 is 10.6 Å². The van der Waals surface area contributed by atoms with Crippen molar-refractivity contribution < 1.29 is 19.5 Å². The zero-order chi connectivity index (χ0) is 16.9. The number of aliphatic carboxylic acids is 1. The number of anilines is 1. The van der Waals surface area contributed by atoms with Gasteiger partial charge in [0.25, 0.3) is 0 Å². The topological polar surface area (TPSA) is 98.7 Å². The summed E-state index contributed by atoms with van der Waals surface area (Å²) in [6.45, 7) is 5.16. The van der Waals surface area contributed by atoms with Crippen LogP contribution in [0.4, 0.5) is 10.5 Å². The van der Waals surface area contributed by atoms with E-state index >= 15 is 0 Å². The van der Waals surface area contributed by atoms with Crippen LogP contribution >= 0.6 is 0 Å². The molecule has 0 aliphatic rings. The average molecular weight is 307 g/mol. The summed E-state index contributed by atoms with van der Waals surface area (Å²) in [5, 5.41) is 13.6. The minimum atomic E-state index is -1.03. The molecule has 1 aromatic rings. The van der Waals surface area contributed by atoms with Crippen LogP contribution in [0.25, 0.3) is 0 Å². The number of rotatable bonds is 5. The molecule has 1 unspecified atom stereocenters. The van der Waals surface area contributed by atoms with Gasteiger partial charge in [-0.15, -0.1) is 0 Å². The van der Waals surface area contributed by atoms with E-state index in [1.807, 2.05) is 19.9 Å². The summed E-state index contributed by atoms with van der Waals surface area (Å²) in [5.74, 6) is -1.60. The van der Waals surface area contributed by atoms with Crippen LogP contribution in [0.5, 0.6) is 0 Å². The van der Waals surface area contributed by atoms with E-state index in [1.54, 1.807) is 12.1 Å². The van der Waals surface area contributed by atoms with Crippen molar-refractivity contribution in [3.63, 3.8) is 0 Å². The number of carbonyl (C=O) groups excluding carboxylic acids is 2. The second kappa shape index (κ2) is 7.56. The quantitative estimate of drug-likeness (QED) is 0.763. The molecule has 7 heteroatoms. The van der Waals surface area contributed by atoms with Crippen molar-refractivity contribution in [2.75, 3.05) is 18.9 Å². The number of benzene rings is 1. The highest BCUT2D eigenvalue weighted by Crippen LogP contribution is 2.13. The lowest BCUT2D eigenvalue weighted by Crippen LogP contribution is -2.45. The van der Waals surface area contributed by atoms with Crippen LogP contribution in [0.2, 0.25) is 0 Å². The van der Waals surface area contributed by atoms with Crippen molar-refractivity contribution in [3.05, 3.63) is 29.3 Å². The third-order valence-electron chi connectivity index (χ3n) is 3.43. The molecular weight excluding hydrogens is 286 g/mol. The molecule has 1 atom stereocenters. The molecule has 0 heterocycles. The van der Waals surface area contributed by atoms with E-state index in [4.69, 9.17) is 5.11 Å². The van der Waals surface area contributed by atoms with E-state index < -0.39 is 23.9 Å². The molecule has 120 valence electrons. The highest BCUT2D eigenvalue weighted by molar-refractivity contribution is 6.01. The molecule has 0 saturated carbocycles. The van der Waals surface area contributed by atoms with Crippen LogP contribution in [-0.2, 0) is 9.59 Å². The van der Waals surface area contributed by atoms with Crippen molar-refractivity contribution in [1.82, 2.24) is 10.2 Å². The summed E-state index contributed by atoms with van der Waals surface area (Å²) in [4.78, 5) is 35.5. The zero-order valence-corrected chi connectivity index (χ0v) is 13.1. The minimum absolute atomic E-state index is 0.187. The summed E-state index contributed by atoms with van der Waals surface area (Å²) in [6, 6.07) is 3.95. The van der Waals surface area contributed by atoms with Crippen LogP contribution in [-0.4, -0.2) is 47.5 Å². The van der Waals surface area contributed by atoms with Gasteiger partial charge in [-0.25, -0.2) is 4.79 Å². The summed E-state index contributed by atoms with van der Waals surface area (Å²) in [6.07, 6.45) is 0. The molecule has 0 aliphatic carbocycles. The third-order valence-corrected chi connectivity index (χ3v) is 3.43. The van der Waals surface area contributed by atoms with Crippen molar-refractivity contribution in [3.8, 4) is 0 Å². The molecule has 0 spiro atoms. The Bertz CT molecular complexity index is 586. The summed E-state index contributed by atoms with van der Waals surface area (Å²) >= 11 is 0. The first-order valence-electron chi connectivity index (χ1n) is 6.82. The van der Waals surface area contributed by atoms with Gasteiger partial charge in [-0.3, -0.25) is 19.8 Å². The summed E-state index contributed by atoms with van der Waals surface area (Å²) < 4.78 is 0. The molecule has 0 aromatic heterocycles. The Hall–Kier alpha value is -2.41. The maximum Gasteiger partial charge on any atom is 0.325 e. The molecule has 0 fully saturated rings. The molecule has 0 saturated heterocycles. The third kappa shape index (κ3) is 5.17. The van der Waals surface area contributed by atoms with Gasteiger partial charge in [-0.05, 0) is 51.1 Å². The Morgan fingerprint density at radius 3 is 2.41 bits per heavy atom. The molecule has 3 amide bonds. The van der Waals surface area contributed by atoms with Crippen molar-refractivity contribution in [2.45, 2.75) is 26.8 Å². The fraction of sp³-hybridized carbons (Fsp3) is 0.400. The van der Waals surface area contributed by atoms with Gasteiger partial charge in [0.15, 0.2) is 0 Å². The van der Waals surface area contributed by atoms with Crippen LogP contribution in [0.1, 0.15) is 18.1 Å². The standard InChI is InChI=1S/C15H21N3O4/c1-9-5-6-12(7-10(9)2)16-15(22)17-13(19)8-18(4)11(3)14(20)21/h5-7,11H,8H2,1-4H3,(H,20,21)(H2,16,17,19,22). The number of likely N-dealkylation sites (N-methyl/N-ethyl adjacent to an activating group) is 1. The first-order valence-corrected chi connectivity index (χ1v) is 6.82. The molecular formula is C15H21N3O4. The van der Waals surface area contributed by atoms with Crippen LogP contribution in [0, 0.1) is 13.8 Å². The van der Waals surface area contributed by atoms with Gasteiger partial charge >= 0.3 is 12.0 Å². The van der Waals surface area contributed by atoms with Gasteiger partial charge in [0.05, 0.1) is 6.54 Å². The number of nitrogens with zero attached hydrogens (tertiary/aromatic N) is 1. The van der Waals surface area contributed by atoms with E-state index in [1.165, 1.54) is 18.9 Å². The van der Waals surface area contributed by atoms with Gasteiger partial charge in [-0.1, -0.05) is 6.07 Å². The maximum absolute atomic E-state index is 11.7. The zero-order valence-electron chi connectivity index (χ0n) is 13.1. The largest absolute Gasteiger partial charge is 0.480 e. The number of aryl methyl sites for hydroxylation is 2. The molecule has 1 rings (SSSR count). The fourth-order valence-electron chi connectivity index (χ4n) is 1.70. The van der Waals surface area contributed by atoms with E-state index in [2.05, 4.69) is 10.6 Å². The number of hydrogen-bond donors (Lipinski definition) is 3. The van der Waals surface area contributed by atoms with E-state index in [9.17, 15) is 14.4 Å². The Kier molecular flexibility index (Phi) is 6.06. The Morgan fingerprint density at radius 2 is 1.86 bits per heavy atom. The predicted molar refractivity (Wildman–Crippen MR) is 82.8 cm³/mol. The van der Waals surface area contributed by atoms with Gasteiger partial charge in [0.2, 0.25) is 5.91 Å². The molecule has 1 aromatic carbocycles. The van der Waals surface area contributed by atoms with E-state index in [0.717, 1.165) is 11.1 Å². The molecule has 7 nitrogen and oxygen atoms in total. The van der Waals surface area contributed by atoms with Crippen molar-refractivity contribution >= 4 is 23.6 Å². The number of imide groups is 1. The number of amides is 3. The minimum Gasteiger partial charge on any atom is -0.480 e. The Balaban J connectivity index is 2.52. The second-order valence-electron chi connectivity index (χ2n) is 5.23. The smallest absolute Gasteiger partial charge is 0.325 e. The number of nitrogens with one attached hydrogen (secondary N) is 2. The van der Waals surface area contributed by atoms with Crippen LogP contribution in [0.3, 0.4) is 0 Å². The highest BCUT2D eigenvalue weighted by atomic mass is 16.4. The molecule has 0 radical (unpaired) electrons. The predicted octanol–water partition coefficient (Wildman–Crippen LogP) is 1.36. The van der Waals surface area contributed by atoms with Crippen LogP contribution in [0.15, 0.2) is 18.2 Å². The fourth-order valence-corrected chi connectivity index (χ4v) is 1.70. The molecule has 0 bridgehead atoms.